The average Bonchev–Trinajstić information content (AvgIpc) is 2.02. The van der Waals surface area contributed by atoms with Crippen molar-refractivity contribution in [3.8, 4) is 0 Å². The Hall–Kier alpha value is -1.31. The van der Waals surface area contributed by atoms with E-state index in [0.29, 0.717) is 5.12 Å². The minimum atomic E-state index is 0.278. The standard InChI is InChI=1S/C9H12FN/c1-5-7-8(3)9(4)11(10)6-2/h5-7H,1-2,4H2,3H3/b8-7+. The Balaban J connectivity index is 4.35. The van der Waals surface area contributed by atoms with Crippen LogP contribution in [0.25, 0.3) is 0 Å². The highest BCUT2D eigenvalue weighted by atomic mass is 19.2. The van der Waals surface area contributed by atoms with Crippen molar-refractivity contribution in [2.45, 2.75) is 6.92 Å². The Morgan fingerprint density at radius 3 is 2.36 bits per heavy atom. The molecule has 0 aromatic rings. The summed E-state index contributed by atoms with van der Waals surface area (Å²) in [4.78, 5) is 0. The largest absolute Gasteiger partial charge is 0.188 e. The zero-order valence-electron chi connectivity index (χ0n) is 6.68. The van der Waals surface area contributed by atoms with Gasteiger partial charge in [-0.1, -0.05) is 36.4 Å². The summed E-state index contributed by atoms with van der Waals surface area (Å²) in [6, 6.07) is 0. The summed E-state index contributed by atoms with van der Waals surface area (Å²) in [7, 11) is 0. The molecule has 0 saturated heterocycles. The van der Waals surface area contributed by atoms with Crippen LogP contribution in [0.4, 0.5) is 4.48 Å². The van der Waals surface area contributed by atoms with E-state index < -0.39 is 0 Å². The molecule has 0 saturated carbocycles. The molecule has 0 rings (SSSR count). The summed E-state index contributed by atoms with van der Waals surface area (Å²) in [5.74, 6) is 0. The zero-order chi connectivity index (χ0) is 8.85. The monoisotopic (exact) mass is 153 g/mol. The highest BCUT2D eigenvalue weighted by Gasteiger charge is 2.01. The molecular weight excluding hydrogens is 141 g/mol. The second-order valence-corrected chi connectivity index (χ2v) is 2.03. The minimum Gasteiger partial charge on any atom is -0.188 e. The van der Waals surface area contributed by atoms with Crippen LogP contribution in [0.2, 0.25) is 0 Å². The Labute approximate surface area is 66.8 Å². The Bertz CT molecular complexity index is 204. The molecule has 2 heteroatoms. The Morgan fingerprint density at radius 1 is 1.45 bits per heavy atom. The Morgan fingerprint density at radius 2 is 2.00 bits per heavy atom. The van der Waals surface area contributed by atoms with E-state index in [1.165, 1.54) is 0 Å². The lowest BCUT2D eigenvalue weighted by Crippen LogP contribution is -2.03. The van der Waals surface area contributed by atoms with Crippen LogP contribution < -0.4 is 0 Å². The molecule has 0 aliphatic carbocycles. The van der Waals surface area contributed by atoms with Gasteiger partial charge >= 0.3 is 0 Å². The van der Waals surface area contributed by atoms with Crippen molar-refractivity contribution in [1.82, 2.24) is 5.12 Å². The molecular formula is C9H12FN. The third-order valence-corrected chi connectivity index (χ3v) is 1.24. The van der Waals surface area contributed by atoms with Crippen molar-refractivity contribution in [2.75, 3.05) is 0 Å². The fourth-order valence-electron chi connectivity index (χ4n) is 0.552. The highest BCUT2D eigenvalue weighted by molar-refractivity contribution is 5.27. The molecule has 1 nitrogen and oxygen atoms in total. The van der Waals surface area contributed by atoms with E-state index in [4.69, 9.17) is 0 Å². The lowest BCUT2D eigenvalue weighted by atomic mass is 10.2. The van der Waals surface area contributed by atoms with Crippen LogP contribution >= 0.6 is 0 Å². The van der Waals surface area contributed by atoms with Gasteiger partial charge in [0.1, 0.15) is 0 Å². The van der Waals surface area contributed by atoms with Gasteiger partial charge in [0.25, 0.3) is 0 Å². The van der Waals surface area contributed by atoms with Crippen molar-refractivity contribution in [1.29, 1.82) is 0 Å². The summed E-state index contributed by atoms with van der Waals surface area (Å²) in [5.41, 5.74) is 1.00. The molecule has 0 spiro atoms. The minimum absolute atomic E-state index is 0.278. The zero-order valence-corrected chi connectivity index (χ0v) is 6.68. The van der Waals surface area contributed by atoms with E-state index in [-0.39, 0.29) is 5.70 Å². The van der Waals surface area contributed by atoms with Crippen LogP contribution in [0.3, 0.4) is 0 Å². The fraction of sp³-hybridized carbons (Fsp3) is 0.111. The SMILES string of the molecule is C=C/C=C(\C)C(=C)N(F)C=C. The summed E-state index contributed by atoms with van der Waals surface area (Å²) in [5, 5.41) is 0.370. The van der Waals surface area contributed by atoms with E-state index in [0.717, 1.165) is 11.8 Å². The summed E-state index contributed by atoms with van der Waals surface area (Å²) in [6.07, 6.45) is 4.32. The van der Waals surface area contributed by atoms with Crippen molar-refractivity contribution in [3.05, 3.63) is 49.4 Å². The maximum atomic E-state index is 12.6. The first-order chi connectivity index (χ1) is 5.13. The first-order valence-corrected chi connectivity index (χ1v) is 3.19. The van der Waals surface area contributed by atoms with Crippen LogP contribution in [0.15, 0.2) is 49.4 Å². The van der Waals surface area contributed by atoms with Crippen molar-refractivity contribution < 1.29 is 4.48 Å². The van der Waals surface area contributed by atoms with E-state index in [9.17, 15) is 4.48 Å². The van der Waals surface area contributed by atoms with Crippen molar-refractivity contribution >= 4 is 0 Å². The summed E-state index contributed by atoms with van der Waals surface area (Å²) in [6.45, 7) is 12.0. The number of allylic oxidation sites excluding steroid dienone is 3. The van der Waals surface area contributed by atoms with Gasteiger partial charge in [0.15, 0.2) is 0 Å². The lowest BCUT2D eigenvalue weighted by Gasteiger charge is -2.10. The second-order valence-electron chi connectivity index (χ2n) is 2.03. The quantitative estimate of drug-likeness (QED) is 0.443. The maximum absolute atomic E-state index is 12.6. The van der Waals surface area contributed by atoms with Crippen LogP contribution in [0.1, 0.15) is 6.92 Å². The van der Waals surface area contributed by atoms with Crippen LogP contribution in [0, 0.1) is 0 Å². The van der Waals surface area contributed by atoms with Gasteiger partial charge in [0.05, 0.1) is 5.70 Å². The van der Waals surface area contributed by atoms with Gasteiger partial charge in [-0.3, -0.25) is 0 Å². The molecule has 0 fully saturated rings. The number of rotatable bonds is 4. The Kier molecular flexibility index (Phi) is 3.96. The molecule has 0 radical (unpaired) electrons. The highest BCUT2D eigenvalue weighted by Crippen LogP contribution is 2.12. The molecule has 0 aliphatic heterocycles. The molecule has 0 aliphatic rings. The molecule has 0 atom stereocenters. The van der Waals surface area contributed by atoms with E-state index in [1.54, 1.807) is 19.1 Å². The van der Waals surface area contributed by atoms with Gasteiger partial charge in [-0.15, -0.1) is 0 Å². The first kappa shape index (κ1) is 9.69. The van der Waals surface area contributed by atoms with Gasteiger partial charge in [0.2, 0.25) is 0 Å². The number of hydrogen-bond acceptors (Lipinski definition) is 1. The lowest BCUT2D eigenvalue weighted by molar-refractivity contribution is 0.144. The number of hydrogen-bond donors (Lipinski definition) is 0. The molecule has 0 bridgehead atoms. The van der Waals surface area contributed by atoms with Crippen molar-refractivity contribution in [2.24, 2.45) is 0 Å². The molecule has 0 aromatic carbocycles. The maximum Gasteiger partial charge on any atom is 0.0696 e. The number of halogens is 1. The molecule has 0 aromatic heterocycles. The predicted molar refractivity (Wildman–Crippen MR) is 46.2 cm³/mol. The van der Waals surface area contributed by atoms with Gasteiger partial charge < -0.3 is 0 Å². The predicted octanol–water partition coefficient (Wildman–Crippen LogP) is 2.96. The van der Waals surface area contributed by atoms with Crippen LogP contribution in [0.5, 0.6) is 0 Å². The topological polar surface area (TPSA) is 3.24 Å². The number of nitrogens with zero attached hydrogens (tertiary/aromatic N) is 1. The van der Waals surface area contributed by atoms with Crippen LogP contribution in [-0.2, 0) is 0 Å². The van der Waals surface area contributed by atoms with Crippen molar-refractivity contribution in [3.63, 3.8) is 0 Å². The van der Waals surface area contributed by atoms with E-state index >= 15 is 0 Å². The average molecular weight is 153 g/mol. The van der Waals surface area contributed by atoms with E-state index in [2.05, 4.69) is 19.7 Å². The van der Waals surface area contributed by atoms with Gasteiger partial charge in [-0.05, 0) is 12.5 Å². The van der Waals surface area contributed by atoms with Gasteiger partial charge in [-0.25, -0.2) is 0 Å². The van der Waals surface area contributed by atoms with E-state index in [1.807, 2.05) is 0 Å². The summed E-state index contributed by atoms with van der Waals surface area (Å²) < 4.78 is 12.6. The third-order valence-electron chi connectivity index (χ3n) is 1.24. The van der Waals surface area contributed by atoms with Gasteiger partial charge in [-0.2, -0.15) is 5.12 Å². The summed E-state index contributed by atoms with van der Waals surface area (Å²) >= 11 is 0. The fourth-order valence-corrected chi connectivity index (χ4v) is 0.552. The first-order valence-electron chi connectivity index (χ1n) is 3.19. The third kappa shape index (κ3) is 2.85. The molecule has 0 heterocycles. The van der Waals surface area contributed by atoms with Crippen LogP contribution in [-0.4, -0.2) is 5.12 Å². The molecule has 11 heavy (non-hydrogen) atoms. The smallest absolute Gasteiger partial charge is 0.0696 e. The molecule has 60 valence electrons. The molecule has 0 unspecified atom stereocenters. The molecule has 0 N–H and O–H groups in total. The molecule has 0 amide bonds. The normalized spacial score (nSPS) is 10.5. The second kappa shape index (κ2) is 4.50. The van der Waals surface area contributed by atoms with Gasteiger partial charge in [0, 0.05) is 6.20 Å².